The Hall–Kier alpha value is -2.49. The molecule has 4 heteroatoms. The van der Waals surface area contributed by atoms with Crippen molar-refractivity contribution >= 4 is 17.2 Å². The molecule has 0 saturated heterocycles. The predicted molar refractivity (Wildman–Crippen MR) is 78.0 cm³/mol. The van der Waals surface area contributed by atoms with E-state index in [0.29, 0.717) is 6.67 Å². The number of hydrogen-bond donors (Lipinski definition) is 0. The molecule has 0 aromatic heterocycles. The molecular weight excluding hydrogens is 236 g/mol. The first kappa shape index (κ1) is 11.6. The SMILES string of the molecule is CC1=NN(c2ccccc2)CN(c2ccccc2)[N]1. The number of rotatable bonds is 2. The van der Waals surface area contributed by atoms with Crippen LogP contribution in [0, 0.1) is 0 Å². The first-order valence-corrected chi connectivity index (χ1v) is 6.25. The van der Waals surface area contributed by atoms with Crippen LogP contribution in [-0.2, 0) is 0 Å². The van der Waals surface area contributed by atoms with E-state index in [1.54, 1.807) is 0 Å². The molecule has 2 aromatic carbocycles. The Morgan fingerprint density at radius 2 is 1.32 bits per heavy atom. The minimum Gasteiger partial charge on any atom is -0.242 e. The average molecular weight is 251 g/mol. The molecule has 0 fully saturated rings. The molecule has 1 radical (unpaired) electrons. The lowest BCUT2D eigenvalue weighted by atomic mass is 10.3. The molecule has 0 saturated carbocycles. The molecule has 0 atom stereocenters. The molecular formula is C15H15N4. The maximum atomic E-state index is 4.47. The number of hydrogen-bond acceptors (Lipinski definition) is 3. The van der Waals surface area contributed by atoms with Gasteiger partial charge in [0, 0.05) is 0 Å². The molecule has 95 valence electrons. The molecule has 2 aromatic rings. The lowest BCUT2D eigenvalue weighted by molar-refractivity contribution is 0.668. The third-order valence-electron chi connectivity index (χ3n) is 2.91. The van der Waals surface area contributed by atoms with Crippen molar-refractivity contribution in [2.45, 2.75) is 6.92 Å². The highest BCUT2D eigenvalue weighted by Crippen LogP contribution is 2.20. The van der Waals surface area contributed by atoms with Crippen LogP contribution in [0.4, 0.5) is 11.4 Å². The van der Waals surface area contributed by atoms with Crippen LogP contribution in [0.2, 0.25) is 0 Å². The summed E-state index contributed by atoms with van der Waals surface area (Å²) < 4.78 is 0. The minimum absolute atomic E-state index is 0.616. The van der Waals surface area contributed by atoms with E-state index in [9.17, 15) is 0 Å². The van der Waals surface area contributed by atoms with Crippen LogP contribution in [0.5, 0.6) is 0 Å². The second-order valence-electron chi connectivity index (χ2n) is 4.36. The van der Waals surface area contributed by atoms with Crippen molar-refractivity contribution in [2.24, 2.45) is 5.10 Å². The molecule has 1 aliphatic heterocycles. The zero-order valence-corrected chi connectivity index (χ0v) is 10.8. The van der Waals surface area contributed by atoms with Gasteiger partial charge in [-0.1, -0.05) is 36.4 Å². The summed E-state index contributed by atoms with van der Waals surface area (Å²) in [6.07, 6.45) is 0. The standard InChI is InChI=1S/C15H15N4/c1-13-16-18(14-8-4-2-5-9-14)12-19(17-13)15-10-6-3-7-11-15/h2-11H,12H2,1H3. The van der Waals surface area contributed by atoms with Gasteiger partial charge in [-0.25, -0.2) is 10.0 Å². The fourth-order valence-corrected chi connectivity index (χ4v) is 2.04. The van der Waals surface area contributed by atoms with E-state index in [4.69, 9.17) is 0 Å². The summed E-state index contributed by atoms with van der Waals surface area (Å²) in [6.45, 7) is 2.52. The Bertz CT molecular complexity index is 565. The van der Waals surface area contributed by atoms with Gasteiger partial charge in [-0.2, -0.15) is 10.5 Å². The summed E-state index contributed by atoms with van der Waals surface area (Å²) in [5.74, 6) is 0.749. The van der Waals surface area contributed by atoms with E-state index in [0.717, 1.165) is 17.2 Å². The van der Waals surface area contributed by atoms with E-state index < -0.39 is 0 Å². The van der Waals surface area contributed by atoms with Crippen LogP contribution in [0.3, 0.4) is 0 Å². The van der Waals surface area contributed by atoms with Crippen molar-refractivity contribution in [1.29, 1.82) is 0 Å². The molecule has 19 heavy (non-hydrogen) atoms. The average Bonchev–Trinajstić information content (AvgIpc) is 2.48. The van der Waals surface area contributed by atoms with Crippen molar-refractivity contribution in [3.8, 4) is 0 Å². The van der Waals surface area contributed by atoms with Crippen LogP contribution in [-0.4, -0.2) is 12.5 Å². The smallest absolute Gasteiger partial charge is 0.166 e. The molecule has 1 heterocycles. The topological polar surface area (TPSA) is 32.9 Å². The van der Waals surface area contributed by atoms with E-state index in [1.165, 1.54) is 0 Å². The van der Waals surface area contributed by atoms with Crippen molar-refractivity contribution < 1.29 is 0 Å². The molecule has 1 aliphatic rings. The molecule has 0 bridgehead atoms. The fourth-order valence-electron chi connectivity index (χ4n) is 2.04. The number of benzene rings is 2. The molecule has 0 N–H and O–H groups in total. The van der Waals surface area contributed by atoms with Gasteiger partial charge in [-0.05, 0) is 31.2 Å². The highest BCUT2D eigenvalue weighted by atomic mass is 15.7. The van der Waals surface area contributed by atoms with Gasteiger partial charge in [0.2, 0.25) is 0 Å². The van der Waals surface area contributed by atoms with Crippen molar-refractivity contribution in [2.75, 3.05) is 16.7 Å². The number of anilines is 2. The van der Waals surface area contributed by atoms with Gasteiger partial charge >= 0.3 is 0 Å². The Labute approximate surface area is 112 Å². The Morgan fingerprint density at radius 3 is 1.89 bits per heavy atom. The predicted octanol–water partition coefficient (Wildman–Crippen LogP) is 2.82. The Kier molecular flexibility index (Phi) is 3.06. The van der Waals surface area contributed by atoms with Gasteiger partial charge in [0.15, 0.2) is 5.84 Å². The highest BCUT2D eigenvalue weighted by Gasteiger charge is 2.19. The van der Waals surface area contributed by atoms with Crippen LogP contribution in [0.1, 0.15) is 6.92 Å². The summed E-state index contributed by atoms with van der Waals surface area (Å²) in [5, 5.41) is 8.38. The molecule has 3 rings (SSSR count). The zero-order chi connectivity index (χ0) is 13.1. The van der Waals surface area contributed by atoms with Crippen molar-refractivity contribution in [3.05, 3.63) is 60.7 Å². The largest absolute Gasteiger partial charge is 0.242 e. The normalized spacial score (nSPS) is 14.9. The third-order valence-corrected chi connectivity index (χ3v) is 2.91. The van der Waals surface area contributed by atoms with E-state index in [2.05, 4.69) is 10.5 Å². The maximum Gasteiger partial charge on any atom is 0.166 e. The van der Waals surface area contributed by atoms with Gasteiger partial charge in [-0.15, -0.1) is 0 Å². The number of amidine groups is 1. The van der Waals surface area contributed by atoms with Gasteiger partial charge in [0.25, 0.3) is 0 Å². The third kappa shape index (κ3) is 2.52. The molecule has 0 unspecified atom stereocenters. The van der Waals surface area contributed by atoms with Crippen LogP contribution >= 0.6 is 0 Å². The number of para-hydroxylation sites is 2. The summed E-state index contributed by atoms with van der Waals surface area (Å²) >= 11 is 0. The molecule has 0 amide bonds. The van der Waals surface area contributed by atoms with Gasteiger partial charge in [-0.3, -0.25) is 0 Å². The lowest BCUT2D eigenvalue weighted by Gasteiger charge is -2.33. The summed E-state index contributed by atoms with van der Waals surface area (Å²) in [7, 11) is 0. The highest BCUT2D eigenvalue weighted by molar-refractivity contribution is 5.83. The summed E-state index contributed by atoms with van der Waals surface area (Å²) in [4.78, 5) is 0. The first-order valence-electron chi connectivity index (χ1n) is 6.25. The first-order chi connectivity index (χ1) is 9.33. The summed E-state index contributed by atoms with van der Waals surface area (Å²) in [5.41, 5.74) is 6.60. The van der Waals surface area contributed by atoms with Crippen molar-refractivity contribution in [1.82, 2.24) is 5.43 Å². The maximum absolute atomic E-state index is 4.47. The second-order valence-corrected chi connectivity index (χ2v) is 4.36. The van der Waals surface area contributed by atoms with Crippen LogP contribution < -0.4 is 15.4 Å². The lowest BCUT2D eigenvalue weighted by Crippen LogP contribution is -2.47. The van der Waals surface area contributed by atoms with Gasteiger partial charge < -0.3 is 0 Å². The Morgan fingerprint density at radius 1 is 0.789 bits per heavy atom. The second kappa shape index (κ2) is 5.02. The summed E-state index contributed by atoms with van der Waals surface area (Å²) in [6, 6.07) is 20.2. The van der Waals surface area contributed by atoms with E-state index in [1.807, 2.05) is 77.6 Å². The van der Waals surface area contributed by atoms with Crippen LogP contribution in [0.15, 0.2) is 65.8 Å². The monoisotopic (exact) mass is 251 g/mol. The van der Waals surface area contributed by atoms with Gasteiger partial charge in [0.05, 0.1) is 11.4 Å². The van der Waals surface area contributed by atoms with E-state index in [-0.39, 0.29) is 0 Å². The molecule has 0 aliphatic carbocycles. The fraction of sp³-hybridized carbons (Fsp3) is 0.133. The van der Waals surface area contributed by atoms with Gasteiger partial charge in [0.1, 0.15) is 6.67 Å². The number of nitrogens with zero attached hydrogens (tertiary/aromatic N) is 4. The van der Waals surface area contributed by atoms with Crippen LogP contribution in [0.25, 0.3) is 0 Å². The minimum atomic E-state index is 0.616. The molecule has 4 nitrogen and oxygen atoms in total. The molecule has 0 spiro atoms. The number of hydrazone groups is 1. The zero-order valence-electron chi connectivity index (χ0n) is 10.8. The Balaban J connectivity index is 1.87. The quantitative estimate of drug-likeness (QED) is 0.822. The van der Waals surface area contributed by atoms with Crippen molar-refractivity contribution in [3.63, 3.8) is 0 Å². The van der Waals surface area contributed by atoms with E-state index >= 15 is 0 Å².